The third-order valence-electron chi connectivity index (χ3n) is 5.49. The first-order valence-corrected chi connectivity index (χ1v) is 9.73. The van der Waals surface area contributed by atoms with Gasteiger partial charge in [-0.2, -0.15) is 0 Å². The minimum atomic E-state index is -0.0147. The first-order chi connectivity index (χ1) is 12.8. The van der Waals surface area contributed by atoms with Gasteiger partial charge in [0.1, 0.15) is 0 Å². The molecule has 4 nitrogen and oxygen atoms in total. The minimum Gasteiger partial charge on any atom is -0.368 e. The number of urea groups is 1. The highest BCUT2D eigenvalue weighted by atomic mass is 16.2. The maximum absolute atomic E-state index is 12.6. The first-order valence-electron chi connectivity index (χ1n) is 9.73. The van der Waals surface area contributed by atoms with Crippen molar-refractivity contribution in [1.82, 2.24) is 4.90 Å². The molecule has 2 amide bonds. The van der Waals surface area contributed by atoms with Crippen molar-refractivity contribution in [2.45, 2.75) is 40.0 Å². The molecule has 0 unspecified atom stereocenters. The fraction of sp³-hybridized carbons (Fsp3) is 0.435. The highest BCUT2D eigenvalue weighted by Gasteiger charge is 2.22. The quantitative estimate of drug-likeness (QED) is 0.817. The van der Waals surface area contributed by atoms with Crippen LogP contribution in [0.1, 0.15) is 37.5 Å². The Labute approximate surface area is 163 Å². The summed E-state index contributed by atoms with van der Waals surface area (Å²) in [5.41, 5.74) is 6.16. The van der Waals surface area contributed by atoms with Crippen LogP contribution in [0.3, 0.4) is 0 Å². The molecule has 2 aromatic carbocycles. The average molecular weight is 366 g/mol. The van der Waals surface area contributed by atoms with Gasteiger partial charge >= 0.3 is 6.03 Å². The summed E-state index contributed by atoms with van der Waals surface area (Å²) in [6.45, 7) is 14.1. The Kier molecular flexibility index (Phi) is 5.45. The van der Waals surface area contributed by atoms with Crippen LogP contribution in [0.25, 0.3) is 0 Å². The number of anilines is 2. The van der Waals surface area contributed by atoms with Crippen molar-refractivity contribution in [1.29, 1.82) is 0 Å². The first kappa shape index (κ1) is 19.3. The summed E-state index contributed by atoms with van der Waals surface area (Å²) < 4.78 is 0. The lowest BCUT2D eigenvalue weighted by Crippen LogP contribution is -2.50. The van der Waals surface area contributed by atoms with E-state index in [0.717, 1.165) is 31.9 Å². The van der Waals surface area contributed by atoms with E-state index >= 15 is 0 Å². The zero-order chi connectivity index (χ0) is 19.6. The zero-order valence-electron chi connectivity index (χ0n) is 17.2. The van der Waals surface area contributed by atoms with Crippen LogP contribution < -0.4 is 10.2 Å². The molecule has 27 heavy (non-hydrogen) atoms. The number of nitrogens with one attached hydrogen (secondary N) is 1. The number of piperazine rings is 1. The minimum absolute atomic E-state index is 0.0147. The maximum Gasteiger partial charge on any atom is 0.321 e. The molecule has 2 aromatic rings. The molecule has 1 aliphatic heterocycles. The molecule has 0 saturated carbocycles. The lowest BCUT2D eigenvalue weighted by atomic mass is 9.87. The number of hydrogen-bond acceptors (Lipinski definition) is 2. The van der Waals surface area contributed by atoms with Crippen LogP contribution in [0.4, 0.5) is 16.2 Å². The summed E-state index contributed by atoms with van der Waals surface area (Å²) in [6, 6.07) is 14.6. The lowest BCUT2D eigenvalue weighted by molar-refractivity contribution is 0.208. The van der Waals surface area contributed by atoms with Gasteiger partial charge in [0.2, 0.25) is 0 Å². The molecule has 3 rings (SSSR count). The SMILES string of the molecule is Cc1cccc(N2CCN(C(=O)Nc3ccc(C(C)(C)C)cc3)CC2)c1C. The summed E-state index contributed by atoms with van der Waals surface area (Å²) in [5.74, 6) is 0. The van der Waals surface area contributed by atoms with Crippen molar-refractivity contribution in [3.8, 4) is 0 Å². The molecule has 1 saturated heterocycles. The monoisotopic (exact) mass is 365 g/mol. The van der Waals surface area contributed by atoms with E-state index in [1.165, 1.54) is 22.4 Å². The topological polar surface area (TPSA) is 35.6 Å². The highest BCUT2D eigenvalue weighted by Crippen LogP contribution is 2.25. The largest absolute Gasteiger partial charge is 0.368 e. The van der Waals surface area contributed by atoms with E-state index in [-0.39, 0.29) is 11.4 Å². The van der Waals surface area contributed by atoms with Gasteiger partial charge in [-0.05, 0) is 54.2 Å². The fourth-order valence-corrected chi connectivity index (χ4v) is 3.48. The Morgan fingerprint density at radius 2 is 1.56 bits per heavy atom. The molecule has 1 heterocycles. The Morgan fingerprint density at radius 3 is 2.15 bits per heavy atom. The van der Waals surface area contributed by atoms with Gasteiger partial charge in [0, 0.05) is 37.6 Å². The number of carbonyl (C=O) groups is 1. The second-order valence-corrected chi connectivity index (χ2v) is 8.45. The van der Waals surface area contributed by atoms with Gasteiger partial charge in [0.05, 0.1) is 0 Å². The van der Waals surface area contributed by atoms with Gasteiger partial charge in [-0.3, -0.25) is 0 Å². The van der Waals surface area contributed by atoms with Crippen molar-refractivity contribution >= 4 is 17.4 Å². The van der Waals surface area contributed by atoms with E-state index in [9.17, 15) is 4.79 Å². The van der Waals surface area contributed by atoms with E-state index in [4.69, 9.17) is 0 Å². The van der Waals surface area contributed by atoms with Crippen LogP contribution in [0.5, 0.6) is 0 Å². The van der Waals surface area contributed by atoms with Crippen LogP contribution in [0.15, 0.2) is 42.5 Å². The number of aryl methyl sites for hydroxylation is 1. The molecule has 1 N–H and O–H groups in total. The molecular formula is C23H31N3O. The predicted molar refractivity (Wildman–Crippen MR) is 114 cm³/mol. The lowest BCUT2D eigenvalue weighted by Gasteiger charge is -2.37. The number of hydrogen-bond donors (Lipinski definition) is 1. The molecular weight excluding hydrogens is 334 g/mol. The Morgan fingerprint density at radius 1 is 0.926 bits per heavy atom. The van der Waals surface area contributed by atoms with Crippen molar-refractivity contribution in [2.75, 3.05) is 36.4 Å². The smallest absolute Gasteiger partial charge is 0.321 e. The molecule has 0 aromatic heterocycles. The molecule has 4 heteroatoms. The average Bonchev–Trinajstić information content (AvgIpc) is 2.64. The molecule has 0 bridgehead atoms. The number of amides is 2. The molecule has 1 fully saturated rings. The second kappa shape index (κ2) is 7.63. The van der Waals surface area contributed by atoms with E-state index in [0.29, 0.717) is 0 Å². The van der Waals surface area contributed by atoms with Gasteiger partial charge in [0.25, 0.3) is 0 Å². The maximum atomic E-state index is 12.6. The highest BCUT2D eigenvalue weighted by molar-refractivity contribution is 5.89. The summed E-state index contributed by atoms with van der Waals surface area (Å²) in [4.78, 5) is 16.9. The van der Waals surface area contributed by atoms with Crippen LogP contribution in [0, 0.1) is 13.8 Å². The molecule has 0 spiro atoms. The number of carbonyl (C=O) groups excluding carboxylic acids is 1. The molecule has 1 aliphatic rings. The summed E-state index contributed by atoms with van der Waals surface area (Å²) in [7, 11) is 0. The van der Waals surface area contributed by atoms with Crippen molar-refractivity contribution in [3.05, 3.63) is 59.2 Å². The van der Waals surface area contributed by atoms with Crippen LogP contribution in [0.2, 0.25) is 0 Å². The molecule has 0 radical (unpaired) electrons. The molecule has 0 aliphatic carbocycles. The van der Waals surface area contributed by atoms with E-state index in [2.05, 4.69) is 75.2 Å². The summed E-state index contributed by atoms with van der Waals surface area (Å²) in [6.07, 6.45) is 0. The van der Waals surface area contributed by atoms with Crippen molar-refractivity contribution < 1.29 is 4.79 Å². The zero-order valence-corrected chi connectivity index (χ0v) is 17.2. The number of rotatable bonds is 2. The third-order valence-corrected chi connectivity index (χ3v) is 5.49. The number of benzene rings is 2. The predicted octanol–water partition coefficient (Wildman–Crippen LogP) is 4.96. The number of nitrogens with zero attached hydrogens (tertiary/aromatic N) is 2. The van der Waals surface area contributed by atoms with Crippen LogP contribution in [-0.2, 0) is 5.41 Å². The van der Waals surface area contributed by atoms with E-state index in [1.807, 2.05) is 17.0 Å². The van der Waals surface area contributed by atoms with Gasteiger partial charge < -0.3 is 15.1 Å². The van der Waals surface area contributed by atoms with Gasteiger partial charge in [0.15, 0.2) is 0 Å². The third kappa shape index (κ3) is 4.44. The summed E-state index contributed by atoms with van der Waals surface area (Å²) in [5, 5.41) is 3.03. The normalized spacial score (nSPS) is 15.0. The Bertz CT molecular complexity index is 797. The Hall–Kier alpha value is -2.49. The van der Waals surface area contributed by atoms with Crippen LogP contribution in [-0.4, -0.2) is 37.1 Å². The van der Waals surface area contributed by atoms with Gasteiger partial charge in [-0.25, -0.2) is 4.79 Å². The molecule has 144 valence electrons. The van der Waals surface area contributed by atoms with Crippen molar-refractivity contribution in [3.63, 3.8) is 0 Å². The molecule has 0 atom stereocenters. The van der Waals surface area contributed by atoms with Crippen molar-refractivity contribution in [2.24, 2.45) is 0 Å². The van der Waals surface area contributed by atoms with Gasteiger partial charge in [-0.1, -0.05) is 45.0 Å². The standard InChI is InChI=1S/C23H31N3O/c1-17-7-6-8-21(18(17)2)25-13-15-26(16-14-25)22(27)24-20-11-9-19(10-12-20)23(3,4)5/h6-12H,13-16H2,1-5H3,(H,24,27). The second-order valence-electron chi connectivity index (χ2n) is 8.45. The Balaban J connectivity index is 1.58. The van der Waals surface area contributed by atoms with E-state index < -0.39 is 0 Å². The van der Waals surface area contributed by atoms with Gasteiger partial charge in [-0.15, -0.1) is 0 Å². The summed E-state index contributed by atoms with van der Waals surface area (Å²) >= 11 is 0. The fourth-order valence-electron chi connectivity index (χ4n) is 3.48. The van der Waals surface area contributed by atoms with E-state index in [1.54, 1.807) is 0 Å². The van der Waals surface area contributed by atoms with Crippen LogP contribution >= 0.6 is 0 Å².